The number of benzene rings is 1. The fourth-order valence-corrected chi connectivity index (χ4v) is 4.41. The molecule has 2 aromatic heterocycles. The van der Waals surface area contributed by atoms with Crippen LogP contribution in [0.25, 0.3) is 11.3 Å². The molecular formula is C25H26FN5O2. The van der Waals surface area contributed by atoms with Crippen LogP contribution >= 0.6 is 0 Å². The molecule has 4 heterocycles. The second kappa shape index (κ2) is 9.62. The van der Waals surface area contributed by atoms with Gasteiger partial charge < -0.3 is 15.0 Å². The van der Waals surface area contributed by atoms with Gasteiger partial charge in [0, 0.05) is 55.3 Å². The van der Waals surface area contributed by atoms with E-state index in [1.807, 2.05) is 23.1 Å². The highest BCUT2D eigenvalue weighted by Gasteiger charge is 2.34. The number of hydrogen-bond donors (Lipinski definition) is 1. The van der Waals surface area contributed by atoms with Crippen molar-refractivity contribution >= 4 is 17.4 Å². The van der Waals surface area contributed by atoms with Crippen molar-refractivity contribution in [2.45, 2.75) is 37.7 Å². The predicted molar refractivity (Wildman–Crippen MR) is 122 cm³/mol. The molecular weight excluding hydrogens is 421 g/mol. The molecule has 0 bridgehead atoms. The number of aromatic nitrogens is 3. The summed E-state index contributed by atoms with van der Waals surface area (Å²) in [6, 6.07) is 11.9. The lowest BCUT2D eigenvalue weighted by Gasteiger charge is -2.26. The van der Waals surface area contributed by atoms with Crippen LogP contribution in [0.15, 0.2) is 54.9 Å². The number of anilines is 2. The number of nitrogens with zero attached hydrogens (tertiary/aromatic N) is 4. The van der Waals surface area contributed by atoms with E-state index >= 15 is 0 Å². The van der Waals surface area contributed by atoms with Gasteiger partial charge in [0.05, 0.1) is 5.69 Å². The predicted octanol–water partition coefficient (Wildman–Crippen LogP) is 4.31. The Morgan fingerprint density at radius 3 is 2.76 bits per heavy atom. The van der Waals surface area contributed by atoms with Crippen LogP contribution in [-0.2, 0) is 9.53 Å². The van der Waals surface area contributed by atoms with Crippen LogP contribution in [0.4, 0.5) is 15.9 Å². The summed E-state index contributed by atoms with van der Waals surface area (Å²) >= 11 is 0. The van der Waals surface area contributed by atoms with Crippen LogP contribution in [-0.4, -0.2) is 51.6 Å². The fourth-order valence-electron chi connectivity index (χ4n) is 4.41. The molecule has 0 saturated carbocycles. The Labute approximate surface area is 192 Å². The molecule has 0 radical (unpaired) electrons. The molecule has 2 saturated heterocycles. The van der Waals surface area contributed by atoms with Crippen LogP contribution in [0.2, 0.25) is 0 Å². The Morgan fingerprint density at radius 1 is 1.09 bits per heavy atom. The molecule has 0 aliphatic carbocycles. The third kappa shape index (κ3) is 5.01. The number of halogens is 1. The number of hydrogen-bond acceptors (Lipinski definition) is 6. The van der Waals surface area contributed by atoms with Crippen molar-refractivity contribution in [3.63, 3.8) is 0 Å². The Morgan fingerprint density at radius 2 is 1.97 bits per heavy atom. The molecule has 33 heavy (non-hydrogen) atoms. The maximum Gasteiger partial charge on any atom is 0.251 e. The normalized spacial score (nSPS) is 20.6. The number of likely N-dealkylation sites (tertiary alicyclic amines) is 1. The lowest BCUT2D eigenvalue weighted by molar-refractivity contribution is -0.145. The summed E-state index contributed by atoms with van der Waals surface area (Å²) in [6.45, 7) is 1.89. The van der Waals surface area contributed by atoms with Gasteiger partial charge >= 0.3 is 0 Å². The Kier molecular flexibility index (Phi) is 6.26. The molecule has 3 aromatic rings. The first kappa shape index (κ1) is 21.5. The van der Waals surface area contributed by atoms with Crippen LogP contribution in [0, 0.1) is 5.82 Å². The quantitative estimate of drug-likeness (QED) is 0.628. The largest absolute Gasteiger partial charge is 0.368 e. The molecule has 8 heteroatoms. The zero-order valence-corrected chi connectivity index (χ0v) is 18.3. The van der Waals surface area contributed by atoms with Crippen molar-refractivity contribution in [2.24, 2.45) is 0 Å². The smallest absolute Gasteiger partial charge is 0.251 e. The van der Waals surface area contributed by atoms with Crippen molar-refractivity contribution in [3.05, 3.63) is 66.5 Å². The Bertz CT molecular complexity index is 1120. The molecule has 1 aromatic carbocycles. The standard InChI is InChI=1S/C25H26FN5O2/c26-19-4-3-5-20(14-19)28-23-15-21(17-7-10-27-11-8-17)29-24(30-23)18-9-12-31(16-18)25(32)22-6-1-2-13-33-22/h3-5,7-8,10-11,14-15,18,22H,1-2,6,9,12-13,16H2,(H,28,29,30)/t18-,22+/m1/s1. The summed E-state index contributed by atoms with van der Waals surface area (Å²) in [5.41, 5.74) is 2.28. The second-order valence-corrected chi connectivity index (χ2v) is 8.49. The van der Waals surface area contributed by atoms with E-state index in [0.717, 1.165) is 36.9 Å². The average molecular weight is 448 g/mol. The number of carbonyl (C=O) groups excluding carboxylic acids is 1. The number of carbonyl (C=O) groups is 1. The minimum Gasteiger partial charge on any atom is -0.368 e. The van der Waals surface area contributed by atoms with Gasteiger partial charge in [-0.05, 0) is 56.0 Å². The summed E-state index contributed by atoms with van der Waals surface area (Å²) in [4.78, 5) is 28.4. The highest BCUT2D eigenvalue weighted by atomic mass is 19.1. The van der Waals surface area contributed by atoms with Gasteiger partial charge in [0.2, 0.25) is 0 Å². The van der Waals surface area contributed by atoms with E-state index in [2.05, 4.69) is 10.3 Å². The molecule has 7 nitrogen and oxygen atoms in total. The van der Waals surface area contributed by atoms with E-state index < -0.39 is 0 Å². The van der Waals surface area contributed by atoms with E-state index in [1.54, 1.807) is 24.5 Å². The molecule has 1 N–H and O–H groups in total. The van der Waals surface area contributed by atoms with E-state index in [9.17, 15) is 9.18 Å². The maximum atomic E-state index is 13.7. The zero-order valence-electron chi connectivity index (χ0n) is 18.3. The number of nitrogens with one attached hydrogen (secondary N) is 1. The number of rotatable bonds is 5. The average Bonchev–Trinajstić information content (AvgIpc) is 3.35. The van der Waals surface area contributed by atoms with Crippen molar-refractivity contribution < 1.29 is 13.9 Å². The van der Waals surface area contributed by atoms with Crippen LogP contribution in [0.3, 0.4) is 0 Å². The number of ether oxygens (including phenoxy) is 1. The van der Waals surface area contributed by atoms with Gasteiger partial charge in [-0.1, -0.05) is 6.07 Å². The van der Waals surface area contributed by atoms with E-state index in [0.29, 0.717) is 37.0 Å². The molecule has 2 atom stereocenters. The SMILES string of the molecule is O=C([C@@H]1CCCCO1)N1CC[C@@H](c2nc(Nc3cccc(F)c3)cc(-c3ccncc3)n2)C1. The molecule has 0 spiro atoms. The van der Waals surface area contributed by atoms with Crippen LogP contribution in [0.5, 0.6) is 0 Å². The third-order valence-electron chi connectivity index (χ3n) is 6.14. The van der Waals surface area contributed by atoms with E-state index in [-0.39, 0.29) is 23.7 Å². The van der Waals surface area contributed by atoms with Crippen molar-refractivity contribution in [2.75, 3.05) is 25.0 Å². The minimum atomic E-state index is -0.327. The van der Waals surface area contributed by atoms with Gasteiger partial charge in [-0.3, -0.25) is 9.78 Å². The third-order valence-corrected chi connectivity index (χ3v) is 6.14. The van der Waals surface area contributed by atoms with E-state index in [1.165, 1.54) is 12.1 Å². The van der Waals surface area contributed by atoms with Crippen molar-refractivity contribution in [1.82, 2.24) is 19.9 Å². The molecule has 2 aliphatic rings. The van der Waals surface area contributed by atoms with E-state index in [4.69, 9.17) is 14.7 Å². The maximum absolute atomic E-state index is 13.7. The minimum absolute atomic E-state index is 0.0207. The first-order valence-corrected chi connectivity index (χ1v) is 11.4. The fraction of sp³-hybridized carbons (Fsp3) is 0.360. The molecule has 1 amide bonds. The lowest BCUT2D eigenvalue weighted by Crippen LogP contribution is -2.40. The van der Waals surface area contributed by atoms with Crippen LogP contribution in [0.1, 0.15) is 37.4 Å². The first-order valence-electron chi connectivity index (χ1n) is 11.4. The Hall–Kier alpha value is -3.39. The molecule has 2 fully saturated rings. The zero-order chi connectivity index (χ0) is 22.6. The summed E-state index contributed by atoms with van der Waals surface area (Å²) in [7, 11) is 0. The molecule has 2 aliphatic heterocycles. The van der Waals surface area contributed by atoms with Gasteiger partial charge in [0.15, 0.2) is 0 Å². The monoisotopic (exact) mass is 447 g/mol. The molecule has 5 rings (SSSR count). The second-order valence-electron chi connectivity index (χ2n) is 8.49. The van der Waals surface area contributed by atoms with Gasteiger partial charge in [-0.2, -0.15) is 0 Å². The summed E-state index contributed by atoms with van der Waals surface area (Å²) in [6.07, 6.45) is 6.73. The number of amides is 1. The number of pyridine rings is 1. The van der Waals surface area contributed by atoms with Crippen LogP contribution < -0.4 is 5.32 Å². The molecule has 170 valence electrons. The summed E-state index contributed by atoms with van der Waals surface area (Å²) < 4.78 is 19.4. The van der Waals surface area contributed by atoms with Gasteiger partial charge in [0.25, 0.3) is 5.91 Å². The summed E-state index contributed by atoms with van der Waals surface area (Å²) in [5, 5.41) is 3.20. The van der Waals surface area contributed by atoms with Gasteiger partial charge in [-0.25, -0.2) is 14.4 Å². The van der Waals surface area contributed by atoms with Gasteiger partial charge in [0.1, 0.15) is 23.6 Å². The highest BCUT2D eigenvalue weighted by molar-refractivity contribution is 5.81. The highest BCUT2D eigenvalue weighted by Crippen LogP contribution is 2.30. The lowest BCUT2D eigenvalue weighted by atomic mass is 10.1. The Balaban J connectivity index is 1.41. The molecule has 0 unspecified atom stereocenters. The van der Waals surface area contributed by atoms with Crippen molar-refractivity contribution in [3.8, 4) is 11.3 Å². The van der Waals surface area contributed by atoms with Gasteiger partial charge in [-0.15, -0.1) is 0 Å². The van der Waals surface area contributed by atoms with Crippen molar-refractivity contribution in [1.29, 1.82) is 0 Å². The topological polar surface area (TPSA) is 80.2 Å². The summed E-state index contributed by atoms with van der Waals surface area (Å²) in [5.74, 6) is 1.02. The first-order chi connectivity index (χ1) is 16.2.